The maximum Gasteiger partial charge on any atom is 0.272 e. The standard InChI is InChI=1S/C9H9Cl3N2O/c1-5(4-13)7(6-2-3-6)14-8(15)9(10,11)12/h6-7H,1-3H2,(H,14,15). The molecule has 1 aliphatic carbocycles. The molecule has 1 N–H and O–H groups in total. The number of halogens is 3. The first-order valence-corrected chi connectivity index (χ1v) is 5.46. The van der Waals surface area contributed by atoms with Crippen LogP contribution in [-0.4, -0.2) is 15.7 Å². The molecule has 0 spiro atoms. The Morgan fingerprint density at radius 3 is 2.40 bits per heavy atom. The van der Waals surface area contributed by atoms with Crippen LogP contribution in [0.5, 0.6) is 0 Å². The number of hydrogen-bond donors (Lipinski definition) is 1. The summed E-state index contributed by atoms with van der Waals surface area (Å²) in [4.78, 5) is 11.4. The summed E-state index contributed by atoms with van der Waals surface area (Å²) in [7, 11) is 0. The molecule has 0 radical (unpaired) electrons. The molecule has 1 saturated carbocycles. The summed E-state index contributed by atoms with van der Waals surface area (Å²) < 4.78 is -2.00. The van der Waals surface area contributed by atoms with E-state index in [1.54, 1.807) is 0 Å². The molecule has 1 unspecified atom stereocenters. The van der Waals surface area contributed by atoms with E-state index in [0.717, 1.165) is 12.8 Å². The van der Waals surface area contributed by atoms with Gasteiger partial charge in [-0.15, -0.1) is 0 Å². The highest BCUT2D eigenvalue weighted by Gasteiger charge is 2.38. The summed E-state index contributed by atoms with van der Waals surface area (Å²) in [5, 5.41) is 11.2. The Labute approximate surface area is 103 Å². The Hall–Kier alpha value is -0.430. The van der Waals surface area contributed by atoms with E-state index in [1.807, 2.05) is 6.07 Å². The zero-order valence-electron chi connectivity index (χ0n) is 7.77. The van der Waals surface area contributed by atoms with Crippen LogP contribution in [0.1, 0.15) is 12.8 Å². The van der Waals surface area contributed by atoms with Crippen molar-refractivity contribution >= 4 is 40.7 Å². The molecule has 15 heavy (non-hydrogen) atoms. The van der Waals surface area contributed by atoms with Crippen LogP contribution in [-0.2, 0) is 4.79 Å². The second-order valence-corrected chi connectivity index (χ2v) is 5.70. The maximum absolute atomic E-state index is 11.4. The third-order valence-electron chi connectivity index (χ3n) is 2.16. The van der Waals surface area contributed by atoms with Crippen molar-refractivity contribution in [1.29, 1.82) is 5.26 Å². The highest BCUT2D eigenvalue weighted by Crippen LogP contribution is 2.36. The number of hydrogen-bond acceptors (Lipinski definition) is 2. The Kier molecular flexibility index (Phi) is 3.88. The van der Waals surface area contributed by atoms with Gasteiger partial charge in [0.15, 0.2) is 0 Å². The van der Waals surface area contributed by atoms with Crippen LogP contribution < -0.4 is 5.32 Å². The molecule has 1 aliphatic rings. The predicted molar refractivity (Wildman–Crippen MR) is 59.7 cm³/mol. The molecule has 0 aromatic carbocycles. The normalized spacial score (nSPS) is 17.7. The summed E-state index contributed by atoms with van der Waals surface area (Å²) in [6, 6.07) is 1.50. The van der Waals surface area contributed by atoms with Crippen LogP contribution in [0.2, 0.25) is 0 Å². The molecule has 0 aromatic heterocycles. The number of nitriles is 1. The zero-order chi connectivity index (χ0) is 11.6. The highest BCUT2D eigenvalue weighted by molar-refractivity contribution is 6.76. The lowest BCUT2D eigenvalue weighted by molar-refractivity contribution is -0.120. The van der Waals surface area contributed by atoms with Crippen molar-refractivity contribution < 1.29 is 4.79 Å². The number of nitrogens with zero attached hydrogens (tertiary/aromatic N) is 1. The van der Waals surface area contributed by atoms with E-state index in [4.69, 9.17) is 40.1 Å². The van der Waals surface area contributed by atoms with Crippen molar-refractivity contribution in [2.24, 2.45) is 5.92 Å². The summed E-state index contributed by atoms with van der Waals surface area (Å²) in [6.45, 7) is 3.56. The summed E-state index contributed by atoms with van der Waals surface area (Å²) in [6.07, 6.45) is 1.90. The molecule has 1 atom stereocenters. The molecule has 3 nitrogen and oxygen atoms in total. The van der Waals surface area contributed by atoms with E-state index < -0.39 is 15.7 Å². The quantitative estimate of drug-likeness (QED) is 0.630. The second-order valence-electron chi connectivity index (χ2n) is 3.42. The van der Waals surface area contributed by atoms with Gasteiger partial charge in [-0.1, -0.05) is 41.4 Å². The molecule has 0 aromatic rings. The molecular formula is C9H9Cl3N2O. The largest absolute Gasteiger partial charge is 0.345 e. The molecule has 1 fully saturated rings. The van der Waals surface area contributed by atoms with E-state index in [9.17, 15) is 4.79 Å². The maximum atomic E-state index is 11.4. The summed E-state index contributed by atoms with van der Waals surface area (Å²) in [5.74, 6) is -0.478. The van der Waals surface area contributed by atoms with Gasteiger partial charge < -0.3 is 5.32 Å². The van der Waals surface area contributed by atoms with Gasteiger partial charge in [0.25, 0.3) is 9.70 Å². The van der Waals surface area contributed by atoms with Crippen LogP contribution >= 0.6 is 34.8 Å². The van der Waals surface area contributed by atoms with Gasteiger partial charge in [-0.25, -0.2) is 0 Å². The second kappa shape index (κ2) is 4.61. The fourth-order valence-corrected chi connectivity index (χ4v) is 1.38. The topological polar surface area (TPSA) is 52.9 Å². The lowest BCUT2D eigenvalue weighted by atomic mass is 10.1. The van der Waals surface area contributed by atoms with Crippen molar-refractivity contribution in [1.82, 2.24) is 5.32 Å². The Balaban J connectivity index is 2.64. The van der Waals surface area contributed by atoms with Crippen molar-refractivity contribution in [2.75, 3.05) is 0 Å². The Morgan fingerprint density at radius 1 is 1.53 bits per heavy atom. The van der Waals surface area contributed by atoms with E-state index in [0.29, 0.717) is 5.57 Å². The highest BCUT2D eigenvalue weighted by atomic mass is 35.6. The molecule has 0 bridgehead atoms. The number of rotatable bonds is 3. The number of amides is 1. The molecular weight excluding hydrogens is 258 g/mol. The van der Waals surface area contributed by atoms with Crippen molar-refractivity contribution in [3.8, 4) is 6.07 Å². The lowest BCUT2D eigenvalue weighted by Gasteiger charge is -2.19. The first-order valence-electron chi connectivity index (χ1n) is 4.33. The van der Waals surface area contributed by atoms with E-state index in [-0.39, 0.29) is 5.92 Å². The van der Waals surface area contributed by atoms with Gasteiger partial charge in [0.2, 0.25) is 0 Å². The SMILES string of the molecule is C=C(C#N)C(NC(=O)C(Cl)(Cl)Cl)C1CC1. The molecule has 1 amide bonds. The minimum absolute atomic E-state index is 0.244. The summed E-state index contributed by atoms with van der Waals surface area (Å²) >= 11 is 16.2. The van der Waals surface area contributed by atoms with Crippen LogP contribution in [0.25, 0.3) is 0 Å². The zero-order valence-corrected chi connectivity index (χ0v) is 10.0. The molecule has 1 rings (SSSR count). The minimum atomic E-state index is -2.00. The third-order valence-corrected chi connectivity index (χ3v) is 2.67. The fourth-order valence-electron chi connectivity index (χ4n) is 1.21. The Bertz CT molecular complexity index is 325. The average molecular weight is 268 g/mol. The van der Waals surface area contributed by atoms with E-state index in [1.165, 1.54) is 0 Å². The first kappa shape index (κ1) is 12.6. The van der Waals surface area contributed by atoms with Crippen molar-refractivity contribution in [3.05, 3.63) is 12.2 Å². The van der Waals surface area contributed by atoms with Crippen molar-refractivity contribution in [3.63, 3.8) is 0 Å². The van der Waals surface area contributed by atoms with Gasteiger partial charge in [-0.2, -0.15) is 5.26 Å². The first-order chi connectivity index (χ1) is 6.86. The Morgan fingerprint density at radius 2 is 2.07 bits per heavy atom. The number of carbonyl (C=O) groups excluding carboxylic acids is 1. The van der Waals surface area contributed by atoms with E-state index >= 15 is 0 Å². The monoisotopic (exact) mass is 266 g/mol. The third kappa shape index (κ3) is 3.57. The summed E-state index contributed by atoms with van der Waals surface area (Å²) in [5.41, 5.74) is 0.292. The molecule has 0 aliphatic heterocycles. The fraction of sp³-hybridized carbons (Fsp3) is 0.556. The number of carbonyl (C=O) groups is 1. The van der Waals surface area contributed by atoms with Crippen LogP contribution in [0, 0.1) is 17.2 Å². The van der Waals surface area contributed by atoms with Gasteiger partial charge in [0.1, 0.15) is 0 Å². The predicted octanol–water partition coefficient (Wildman–Crippen LogP) is 2.33. The van der Waals surface area contributed by atoms with Gasteiger partial charge >= 0.3 is 0 Å². The van der Waals surface area contributed by atoms with E-state index in [2.05, 4.69) is 11.9 Å². The van der Waals surface area contributed by atoms with Gasteiger partial charge in [-0.05, 0) is 18.8 Å². The smallest absolute Gasteiger partial charge is 0.272 e. The van der Waals surface area contributed by atoms with Crippen LogP contribution in [0.15, 0.2) is 12.2 Å². The van der Waals surface area contributed by atoms with Crippen molar-refractivity contribution in [2.45, 2.75) is 22.7 Å². The van der Waals surface area contributed by atoms with Gasteiger partial charge in [-0.3, -0.25) is 4.79 Å². The number of alkyl halides is 3. The molecule has 0 saturated heterocycles. The lowest BCUT2D eigenvalue weighted by Crippen LogP contribution is -2.43. The molecule has 6 heteroatoms. The van der Waals surface area contributed by atoms with Gasteiger partial charge in [0, 0.05) is 5.57 Å². The molecule has 0 heterocycles. The van der Waals surface area contributed by atoms with Crippen LogP contribution in [0.4, 0.5) is 0 Å². The molecule has 82 valence electrons. The average Bonchev–Trinajstić information content (AvgIpc) is 2.94. The minimum Gasteiger partial charge on any atom is -0.345 e. The van der Waals surface area contributed by atoms with Gasteiger partial charge in [0.05, 0.1) is 12.1 Å². The van der Waals surface area contributed by atoms with Crippen LogP contribution in [0.3, 0.4) is 0 Å². The number of nitrogens with one attached hydrogen (secondary N) is 1.